The maximum Gasteiger partial charge on any atom is 0.326 e. The van der Waals surface area contributed by atoms with Gasteiger partial charge in [0.25, 0.3) is 5.91 Å². The minimum atomic E-state index is -0.973. The topological polar surface area (TPSA) is 73.4 Å². The van der Waals surface area contributed by atoms with Crippen molar-refractivity contribution >= 4 is 22.8 Å². The lowest BCUT2D eigenvalue weighted by Crippen LogP contribution is -2.48. The number of H-pyrrole nitrogens is 1. The SMILES string of the molecule is O=C(O)[C@@H]1Cc2ccccc2CN1C(=O)c1ccc2cc[nH]c2c1. The van der Waals surface area contributed by atoms with Crippen LogP contribution in [0.1, 0.15) is 21.5 Å². The number of aromatic amines is 1. The molecule has 2 aromatic carbocycles. The molecule has 5 heteroatoms. The molecule has 1 aliphatic heterocycles. The predicted octanol–water partition coefficient (Wildman–Crippen LogP) is 2.82. The van der Waals surface area contributed by atoms with E-state index in [-0.39, 0.29) is 5.91 Å². The van der Waals surface area contributed by atoms with Gasteiger partial charge in [-0.25, -0.2) is 4.79 Å². The van der Waals surface area contributed by atoms with Crippen molar-refractivity contribution in [2.45, 2.75) is 19.0 Å². The van der Waals surface area contributed by atoms with Crippen molar-refractivity contribution in [2.75, 3.05) is 0 Å². The lowest BCUT2D eigenvalue weighted by molar-refractivity contribution is -0.142. The van der Waals surface area contributed by atoms with E-state index in [1.807, 2.05) is 42.6 Å². The minimum absolute atomic E-state index is 0.256. The molecule has 0 saturated heterocycles. The highest BCUT2D eigenvalue weighted by Gasteiger charge is 2.34. The smallest absolute Gasteiger partial charge is 0.326 e. The number of amides is 1. The third-order valence-corrected chi connectivity index (χ3v) is 4.60. The van der Waals surface area contributed by atoms with Crippen LogP contribution in [0.15, 0.2) is 54.7 Å². The molecule has 0 bridgehead atoms. The summed E-state index contributed by atoms with van der Waals surface area (Å²) in [6.45, 7) is 0.314. The summed E-state index contributed by atoms with van der Waals surface area (Å²) in [5.41, 5.74) is 3.36. The number of benzene rings is 2. The van der Waals surface area contributed by atoms with Crippen LogP contribution in [0, 0.1) is 0 Å². The van der Waals surface area contributed by atoms with Gasteiger partial charge < -0.3 is 15.0 Å². The second kappa shape index (κ2) is 5.53. The van der Waals surface area contributed by atoms with Gasteiger partial charge in [-0.2, -0.15) is 0 Å². The zero-order valence-corrected chi connectivity index (χ0v) is 12.9. The van der Waals surface area contributed by atoms with Crippen molar-refractivity contribution in [1.29, 1.82) is 0 Å². The van der Waals surface area contributed by atoms with Gasteiger partial charge in [0.2, 0.25) is 0 Å². The molecule has 2 heterocycles. The Hall–Kier alpha value is -3.08. The molecule has 4 rings (SSSR count). The molecule has 1 amide bonds. The van der Waals surface area contributed by atoms with Gasteiger partial charge in [0, 0.05) is 30.2 Å². The van der Waals surface area contributed by atoms with E-state index in [2.05, 4.69) is 4.98 Å². The van der Waals surface area contributed by atoms with E-state index in [0.29, 0.717) is 18.5 Å². The van der Waals surface area contributed by atoms with Gasteiger partial charge in [-0.15, -0.1) is 0 Å². The van der Waals surface area contributed by atoms with E-state index >= 15 is 0 Å². The fraction of sp³-hybridized carbons (Fsp3) is 0.158. The highest BCUT2D eigenvalue weighted by Crippen LogP contribution is 2.26. The predicted molar refractivity (Wildman–Crippen MR) is 89.7 cm³/mol. The Balaban J connectivity index is 1.72. The highest BCUT2D eigenvalue weighted by molar-refractivity contribution is 5.99. The Kier molecular flexibility index (Phi) is 3.34. The quantitative estimate of drug-likeness (QED) is 0.762. The number of aromatic nitrogens is 1. The Morgan fingerprint density at radius 2 is 1.88 bits per heavy atom. The van der Waals surface area contributed by atoms with Crippen LogP contribution in [0.4, 0.5) is 0 Å². The third-order valence-electron chi connectivity index (χ3n) is 4.60. The first-order valence-electron chi connectivity index (χ1n) is 7.81. The number of hydrogen-bond donors (Lipinski definition) is 2. The van der Waals surface area contributed by atoms with Gasteiger partial charge in [0.15, 0.2) is 0 Å². The summed E-state index contributed by atoms with van der Waals surface area (Å²) in [5, 5.41) is 10.6. The van der Waals surface area contributed by atoms with E-state index in [9.17, 15) is 14.7 Å². The van der Waals surface area contributed by atoms with Crippen molar-refractivity contribution in [3.63, 3.8) is 0 Å². The summed E-state index contributed by atoms with van der Waals surface area (Å²) in [7, 11) is 0. The molecule has 5 nitrogen and oxygen atoms in total. The first-order valence-corrected chi connectivity index (χ1v) is 7.81. The maximum absolute atomic E-state index is 12.9. The molecule has 0 unspecified atom stereocenters. The number of carbonyl (C=O) groups excluding carboxylic acids is 1. The minimum Gasteiger partial charge on any atom is -0.480 e. The summed E-state index contributed by atoms with van der Waals surface area (Å²) in [4.78, 5) is 29.2. The Labute approximate surface area is 138 Å². The largest absolute Gasteiger partial charge is 0.480 e. The molecule has 120 valence electrons. The van der Waals surface area contributed by atoms with Crippen molar-refractivity contribution in [2.24, 2.45) is 0 Å². The number of fused-ring (bicyclic) bond motifs is 2. The first-order chi connectivity index (χ1) is 11.6. The normalized spacial score (nSPS) is 16.8. The standard InChI is InChI=1S/C19H16N2O3/c22-18(14-6-5-12-7-8-20-16(12)9-14)21-11-15-4-2-1-3-13(15)10-17(21)19(23)24/h1-9,17,20H,10-11H2,(H,23,24)/t17-/m0/s1. The molecule has 0 radical (unpaired) electrons. The average Bonchev–Trinajstić information content (AvgIpc) is 3.07. The van der Waals surface area contributed by atoms with Gasteiger partial charge in [0.05, 0.1) is 0 Å². The molecule has 0 spiro atoms. The third kappa shape index (κ3) is 2.34. The summed E-state index contributed by atoms with van der Waals surface area (Å²) >= 11 is 0. The summed E-state index contributed by atoms with van der Waals surface area (Å²) in [6.07, 6.45) is 2.15. The molecule has 1 aromatic heterocycles. The Morgan fingerprint density at radius 1 is 1.08 bits per heavy atom. The number of carboxylic acid groups (broad SMARTS) is 1. The second-order valence-corrected chi connectivity index (χ2v) is 6.04. The van der Waals surface area contributed by atoms with E-state index in [1.165, 1.54) is 4.90 Å². The van der Waals surface area contributed by atoms with Gasteiger partial charge >= 0.3 is 5.97 Å². The molecule has 0 saturated carbocycles. The lowest BCUT2D eigenvalue weighted by atomic mass is 9.93. The fourth-order valence-corrected chi connectivity index (χ4v) is 3.30. The molecule has 0 aliphatic carbocycles. The summed E-state index contributed by atoms with van der Waals surface area (Å²) < 4.78 is 0. The Morgan fingerprint density at radius 3 is 2.67 bits per heavy atom. The molecule has 1 aliphatic rings. The van der Waals surface area contributed by atoms with Crippen molar-refractivity contribution < 1.29 is 14.7 Å². The monoisotopic (exact) mass is 320 g/mol. The number of carboxylic acids is 1. The van der Waals surface area contributed by atoms with Crippen molar-refractivity contribution in [1.82, 2.24) is 9.88 Å². The van der Waals surface area contributed by atoms with Crippen LogP contribution in [0.25, 0.3) is 10.9 Å². The van der Waals surface area contributed by atoms with Gasteiger partial charge in [-0.1, -0.05) is 30.3 Å². The van der Waals surface area contributed by atoms with Crippen LogP contribution >= 0.6 is 0 Å². The van der Waals surface area contributed by atoms with Crippen molar-refractivity contribution in [3.05, 3.63) is 71.4 Å². The number of carbonyl (C=O) groups is 2. The molecular formula is C19H16N2O3. The zero-order chi connectivity index (χ0) is 16.7. The number of nitrogens with one attached hydrogen (secondary N) is 1. The first kappa shape index (κ1) is 14.5. The fourth-order valence-electron chi connectivity index (χ4n) is 3.30. The molecular weight excluding hydrogens is 304 g/mol. The van der Waals surface area contributed by atoms with Gasteiger partial charge in [0.1, 0.15) is 6.04 Å². The Bertz CT molecular complexity index is 944. The van der Waals surface area contributed by atoms with E-state index in [1.54, 1.807) is 12.1 Å². The van der Waals surface area contributed by atoms with Crippen LogP contribution in [-0.4, -0.2) is 32.9 Å². The molecule has 1 atom stereocenters. The maximum atomic E-state index is 12.9. The number of hydrogen-bond acceptors (Lipinski definition) is 2. The molecule has 24 heavy (non-hydrogen) atoms. The average molecular weight is 320 g/mol. The highest BCUT2D eigenvalue weighted by atomic mass is 16.4. The van der Waals surface area contributed by atoms with Crippen molar-refractivity contribution in [3.8, 4) is 0 Å². The summed E-state index contributed by atoms with van der Waals surface area (Å²) in [6, 6.07) is 14.2. The van der Waals surface area contributed by atoms with E-state index < -0.39 is 12.0 Å². The van der Waals surface area contributed by atoms with Crippen LogP contribution in [0.2, 0.25) is 0 Å². The van der Waals surface area contributed by atoms with E-state index in [0.717, 1.165) is 22.0 Å². The molecule has 3 aromatic rings. The summed E-state index contributed by atoms with van der Waals surface area (Å²) in [5.74, 6) is -1.23. The van der Waals surface area contributed by atoms with Crippen LogP contribution in [0.5, 0.6) is 0 Å². The number of aliphatic carboxylic acids is 1. The number of nitrogens with zero attached hydrogens (tertiary/aromatic N) is 1. The van der Waals surface area contributed by atoms with Gasteiger partial charge in [-0.3, -0.25) is 4.79 Å². The van der Waals surface area contributed by atoms with Crippen LogP contribution < -0.4 is 0 Å². The van der Waals surface area contributed by atoms with Crippen LogP contribution in [0.3, 0.4) is 0 Å². The lowest BCUT2D eigenvalue weighted by Gasteiger charge is -2.34. The zero-order valence-electron chi connectivity index (χ0n) is 12.9. The number of rotatable bonds is 2. The molecule has 2 N–H and O–H groups in total. The van der Waals surface area contributed by atoms with E-state index in [4.69, 9.17) is 0 Å². The van der Waals surface area contributed by atoms with Crippen LogP contribution in [-0.2, 0) is 17.8 Å². The van der Waals surface area contributed by atoms with Gasteiger partial charge in [-0.05, 0) is 34.7 Å². The second-order valence-electron chi connectivity index (χ2n) is 6.04. The molecule has 0 fully saturated rings.